The van der Waals surface area contributed by atoms with Crippen molar-refractivity contribution in [3.8, 4) is 0 Å². The van der Waals surface area contributed by atoms with Gasteiger partial charge in [0.15, 0.2) is 5.78 Å². The highest BCUT2D eigenvalue weighted by Crippen LogP contribution is 2.32. The number of Topliss-reactive ketones (excluding diaryl/α,β-unsaturated/α-hetero) is 1. The lowest BCUT2D eigenvalue weighted by Crippen LogP contribution is -2.18. The van der Waals surface area contributed by atoms with Gasteiger partial charge in [-0.25, -0.2) is 4.39 Å². The molecule has 1 unspecified atom stereocenters. The first-order valence-electron chi connectivity index (χ1n) is 7.23. The van der Waals surface area contributed by atoms with Crippen molar-refractivity contribution < 1.29 is 13.9 Å². The van der Waals surface area contributed by atoms with Crippen molar-refractivity contribution in [1.82, 2.24) is 0 Å². The van der Waals surface area contributed by atoms with Gasteiger partial charge in [0.25, 0.3) is 0 Å². The van der Waals surface area contributed by atoms with E-state index in [0.717, 1.165) is 24.8 Å². The standard InChI is InChI=1S/C18H17FO2/c19-16-10-4-3-9-15(16)17(20)12-21-18-11-5-7-13-6-1-2-8-14(13)18/h1-4,6,8-10,18H,5,7,11-12H2. The summed E-state index contributed by atoms with van der Waals surface area (Å²) in [4.78, 5) is 12.1. The Hall–Kier alpha value is -2.00. The third-order valence-corrected chi connectivity index (χ3v) is 3.90. The molecule has 1 atom stereocenters. The maximum atomic E-state index is 13.6. The second-order valence-corrected chi connectivity index (χ2v) is 5.29. The van der Waals surface area contributed by atoms with Crippen LogP contribution in [0.15, 0.2) is 48.5 Å². The molecule has 108 valence electrons. The number of benzene rings is 2. The van der Waals surface area contributed by atoms with Gasteiger partial charge in [0, 0.05) is 0 Å². The van der Waals surface area contributed by atoms with Crippen LogP contribution in [0.4, 0.5) is 4.39 Å². The molecule has 0 amide bonds. The van der Waals surface area contributed by atoms with Crippen LogP contribution in [0.2, 0.25) is 0 Å². The molecule has 0 fully saturated rings. The van der Waals surface area contributed by atoms with Crippen molar-refractivity contribution in [1.29, 1.82) is 0 Å². The average Bonchev–Trinajstić information content (AvgIpc) is 2.53. The van der Waals surface area contributed by atoms with Gasteiger partial charge in [-0.05, 0) is 42.5 Å². The summed E-state index contributed by atoms with van der Waals surface area (Å²) in [5.74, 6) is -0.800. The van der Waals surface area contributed by atoms with Gasteiger partial charge in [-0.1, -0.05) is 36.4 Å². The molecule has 0 N–H and O–H groups in total. The van der Waals surface area contributed by atoms with Gasteiger partial charge < -0.3 is 4.74 Å². The highest BCUT2D eigenvalue weighted by atomic mass is 19.1. The van der Waals surface area contributed by atoms with Gasteiger partial charge in [-0.15, -0.1) is 0 Å². The largest absolute Gasteiger partial charge is 0.365 e. The summed E-state index contributed by atoms with van der Waals surface area (Å²) < 4.78 is 19.3. The molecule has 0 bridgehead atoms. The number of hydrogen-bond donors (Lipinski definition) is 0. The first kappa shape index (κ1) is 14.0. The Morgan fingerprint density at radius 2 is 1.90 bits per heavy atom. The maximum Gasteiger partial charge on any atom is 0.191 e. The number of rotatable bonds is 4. The van der Waals surface area contributed by atoms with Gasteiger partial charge in [-0.2, -0.15) is 0 Å². The summed E-state index contributed by atoms with van der Waals surface area (Å²) in [5, 5.41) is 0. The van der Waals surface area contributed by atoms with Crippen LogP contribution in [0.3, 0.4) is 0 Å². The predicted molar refractivity (Wildman–Crippen MR) is 78.8 cm³/mol. The summed E-state index contributed by atoms with van der Waals surface area (Å²) in [6.07, 6.45) is 2.94. The van der Waals surface area contributed by atoms with E-state index in [1.807, 2.05) is 18.2 Å². The molecule has 2 aromatic rings. The lowest BCUT2D eigenvalue weighted by atomic mass is 9.89. The molecule has 0 saturated heterocycles. The highest BCUT2D eigenvalue weighted by molar-refractivity contribution is 5.97. The minimum absolute atomic E-state index is 0.0642. The Morgan fingerprint density at radius 3 is 2.76 bits per heavy atom. The van der Waals surface area contributed by atoms with Crippen LogP contribution in [0.25, 0.3) is 0 Å². The van der Waals surface area contributed by atoms with E-state index >= 15 is 0 Å². The number of carbonyl (C=O) groups is 1. The Kier molecular flexibility index (Phi) is 4.11. The fourth-order valence-electron chi connectivity index (χ4n) is 2.82. The molecule has 2 aromatic carbocycles. The molecule has 0 spiro atoms. The van der Waals surface area contributed by atoms with Crippen LogP contribution in [0.1, 0.15) is 40.4 Å². The minimum Gasteiger partial charge on any atom is -0.365 e. The first-order chi connectivity index (χ1) is 10.3. The van der Waals surface area contributed by atoms with E-state index in [1.165, 1.54) is 17.7 Å². The fraction of sp³-hybridized carbons (Fsp3) is 0.278. The Labute approximate surface area is 123 Å². The summed E-state index contributed by atoms with van der Waals surface area (Å²) in [6, 6.07) is 14.2. The molecular formula is C18H17FO2. The smallest absolute Gasteiger partial charge is 0.191 e. The number of halogens is 1. The van der Waals surface area contributed by atoms with E-state index in [1.54, 1.807) is 12.1 Å². The topological polar surface area (TPSA) is 26.3 Å². The fourth-order valence-corrected chi connectivity index (χ4v) is 2.82. The molecule has 1 aliphatic carbocycles. The summed E-state index contributed by atoms with van der Waals surface area (Å²) >= 11 is 0. The molecule has 1 aliphatic rings. The van der Waals surface area contributed by atoms with E-state index < -0.39 is 5.82 Å². The Morgan fingerprint density at radius 1 is 1.14 bits per heavy atom. The van der Waals surface area contributed by atoms with Gasteiger partial charge >= 0.3 is 0 Å². The number of ketones is 1. The summed E-state index contributed by atoms with van der Waals surface area (Å²) in [5.41, 5.74) is 2.54. The van der Waals surface area contributed by atoms with Crippen molar-refractivity contribution in [2.45, 2.75) is 25.4 Å². The van der Waals surface area contributed by atoms with Gasteiger partial charge in [0.1, 0.15) is 12.4 Å². The van der Waals surface area contributed by atoms with E-state index in [0.29, 0.717) is 0 Å². The zero-order valence-corrected chi connectivity index (χ0v) is 11.7. The summed E-state index contributed by atoms with van der Waals surface area (Å²) in [7, 11) is 0. The lowest BCUT2D eigenvalue weighted by molar-refractivity contribution is 0.0369. The quantitative estimate of drug-likeness (QED) is 0.790. The van der Waals surface area contributed by atoms with Crippen molar-refractivity contribution >= 4 is 5.78 Å². The lowest BCUT2D eigenvalue weighted by Gasteiger charge is -2.25. The van der Waals surface area contributed by atoms with E-state index in [4.69, 9.17) is 4.74 Å². The van der Waals surface area contributed by atoms with Crippen LogP contribution in [0, 0.1) is 5.82 Å². The number of carbonyl (C=O) groups excluding carboxylic acids is 1. The first-order valence-corrected chi connectivity index (χ1v) is 7.23. The van der Waals surface area contributed by atoms with Crippen LogP contribution < -0.4 is 0 Å². The highest BCUT2D eigenvalue weighted by Gasteiger charge is 2.21. The normalized spacial score (nSPS) is 17.3. The Bertz CT molecular complexity index is 651. The number of aryl methyl sites for hydroxylation is 1. The van der Waals surface area contributed by atoms with Gasteiger partial charge in [0.2, 0.25) is 0 Å². The van der Waals surface area contributed by atoms with E-state index in [-0.39, 0.29) is 24.1 Å². The van der Waals surface area contributed by atoms with Crippen LogP contribution in [0.5, 0.6) is 0 Å². The molecule has 0 radical (unpaired) electrons. The molecule has 0 heterocycles. The molecule has 0 aliphatic heterocycles. The van der Waals surface area contributed by atoms with Crippen molar-refractivity contribution in [2.24, 2.45) is 0 Å². The molecule has 2 nitrogen and oxygen atoms in total. The monoisotopic (exact) mass is 284 g/mol. The van der Waals surface area contributed by atoms with Crippen LogP contribution in [-0.2, 0) is 11.2 Å². The van der Waals surface area contributed by atoms with Gasteiger partial charge in [0.05, 0.1) is 11.7 Å². The predicted octanol–water partition coefficient (Wildman–Crippen LogP) is 4.10. The van der Waals surface area contributed by atoms with Crippen LogP contribution in [-0.4, -0.2) is 12.4 Å². The third kappa shape index (κ3) is 3.03. The number of fused-ring (bicyclic) bond motifs is 1. The third-order valence-electron chi connectivity index (χ3n) is 3.90. The molecule has 0 saturated carbocycles. The zero-order chi connectivity index (χ0) is 14.7. The van der Waals surface area contributed by atoms with E-state index in [2.05, 4.69) is 6.07 Å². The van der Waals surface area contributed by atoms with Crippen molar-refractivity contribution in [3.05, 3.63) is 71.0 Å². The van der Waals surface area contributed by atoms with Crippen molar-refractivity contribution in [2.75, 3.05) is 6.61 Å². The maximum absolute atomic E-state index is 13.6. The average molecular weight is 284 g/mol. The molecule has 0 aromatic heterocycles. The second-order valence-electron chi connectivity index (χ2n) is 5.29. The molecule has 3 heteroatoms. The summed E-state index contributed by atoms with van der Waals surface area (Å²) in [6.45, 7) is -0.0834. The molecule has 3 rings (SSSR count). The number of hydrogen-bond acceptors (Lipinski definition) is 2. The van der Waals surface area contributed by atoms with E-state index in [9.17, 15) is 9.18 Å². The minimum atomic E-state index is -0.491. The number of ether oxygens (including phenoxy) is 1. The Balaban J connectivity index is 1.69. The molecular weight excluding hydrogens is 267 g/mol. The van der Waals surface area contributed by atoms with Crippen LogP contribution >= 0.6 is 0 Å². The van der Waals surface area contributed by atoms with Gasteiger partial charge in [-0.3, -0.25) is 4.79 Å². The SMILES string of the molecule is O=C(COC1CCCc2ccccc21)c1ccccc1F. The van der Waals surface area contributed by atoms with Crippen molar-refractivity contribution in [3.63, 3.8) is 0 Å². The molecule has 21 heavy (non-hydrogen) atoms. The zero-order valence-electron chi connectivity index (χ0n) is 11.7. The second kappa shape index (κ2) is 6.19.